The quantitative estimate of drug-likeness (QED) is 0.361. The average Bonchev–Trinajstić information content (AvgIpc) is 3.11. The van der Waals surface area contributed by atoms with Crippen molar-refractivity contribution < 1.29 is 23.8 Å². The van der Waals surface area contributed by atoms with Crippen LogP contribution in [0.3, 0.4) is 0 Å². The first-order valence-electron chi connectivity index (χ1n) is 10.8. The molecule has 1 aliphatic rings. The molecule has 168 valence electrons. The first kappa shape index (κ1) is 22.3. The van der Waals surface area contributed by atoms with Crippen molar-refractivity contribution in [3.63, 3.8) is 0 Å². The molecule has 0 saturated carbocycles. The highest BCUT2D eigenvalue weighted by Gasteiger charge is 2.28. The number of rotatable bonds is 6. The Hall–Kier alpha value is -3.86. The number of Topliss-reactive ketones (excluding diaryl/α,β-unsaturated/α-hetero) is 1. The van der Waals surface area contributed by atoms with E-state index in [2.05, 4.69) is 32.9 Å². The van der Waals surface area contributed by atoms with Gasteiger partial charge in [-0.1, -0.05) is 75.4 Å². The Morgan fingerprint density at radius 3 is 2.39 bits per heavy atom. The lowest BCUT2D eigenvalue weighted by Crippen LogP contribution is -2.14. The van der Waals surface area contributed by atoms with Crippen molar-refractivity contribution in [2.24, 2.45) is 0 Å². The van der Waals surface area contributed by atoms with Gasteiger partial charge in [0.25, 0.3) is 0 Å². The first-order chi connectivity index (χ1) is 15.8. The van der Waals surface area contributed by atoms with Crippen molar-refractivity contribution in [1.29, 1.82) is 0 Å². The Labute approximate surface area is 193 Å². The SMILES string of the molecule is CC(C)(C)c1ccc(/C=C2\Oc3cc(OCC(=O)OCc4ccccc4)ccc3C2=O)cc1. The normalized spacial score (nSPS) is 14.0. The number of allylic oxidation sites excluding steroid dienone is 1. The molecule has 0 N–H and O–H groups in total. The fraction of sp³-hybridized carbons (Fsp3) is 0.214. The molecule has 33 heavy (non-hydrogen) atoms. The number of ketones is 1. The third-order valence-corrected chi connectivity index (χ3v) is 5.32. The van der Waals surface area contributed by atoms with Crippen molar-refractivity contribution in [3.05, 3.63) is 101 Å². The summed E-state index contributed by atoms with van der Waals surface area (Å²) in [5, 5.41) is 0. The van der Waals surface area contributed by atoms with Gasteiger partial charge in [-0.3, -0.25) is 4.79 Å². The topological polar surface area (TPSA) is 61.8 Å². The zero-order valence-electron chi connectivity index (χ0n) is 19.0. The summed E-state index contributed by atoms with van der Waals surface area (Å²) in [6.45, 7) is 6.42. The van der Waals surface area contributed by atoms with Gasteiger partial charge >= 0.3 is 5.97 Å². The van der Waals surface area contributed by atoms with Crippen LogP contribution in [0.25, 0.3) is 6.08 Å². The molecule has 5 nitrogen and oxygen atoms in total. The standard InChI is InChI=1S/C28H26O5/c1-28(2,3)21-11-9-19(10-12-21)15-25-27(30)23-14-13-22(16-24(23)33-25)31-18-26(29)32-17-20-7-5-4-6-8-20/h4-16H,17-18H2,1-3H3/b25-15-. The molecule has 0 amide bonds. The van der Waals surface area contributed by atoms with Gasteiger partial charge in [-0.2, -0.15) is 0 Å². The highest BCUT2D eigenvalue weighted by Crippen LogP contribution is 2.35. The van der Waals surface area contributed by atoms with E-state index < -0.39 is 5.97 Å². The fourth-order valence-corrected chi connectivity index (χ4v) is 3.41. The second-order valence-corrected chi connectivity index (χ2v) is 8.90. The minimum Gasteiger partial charge on any atom is -0.482 e. The monoisotopic (exact) mass is 442 g/mol. The van der Waals surface area contributed by atoms with E-state index in [9.17, 15) is 9.59 Å². The molecule has 0 spiro atoms. The zero-order valence-corrected chi connectivity index (χ0v) is 19.0. The van der Waals surface area contributed by atoms with Crippen molar-refractivity contribution >= 4 is 17.8 Å². The molecule has 0 aliphatic carbocycles. The van der Waals surface area contributed by atoms with Crippen LogP contribution in [0.15, 0.2) is 78.6 Å². The Bertz CT molecular complexity index is 1190. The number of ether oxygens (including phenoxy) is 3. The number of fused-ring (bicyclic) bond motifs is 1. The van der Waals surface area contributed by atoms with Gasteiger partial charge < -0.3 is 14.2 Å². The maximum atomic E-state index is 12.7. The Morgan fingerprint density at radius 1 is 0.970 bits per heavy atom. The van der Waals surface area contributed by atoms with Gasteiger partial charge in [0.2, 0.25) is 5.78 Å². The van der Waals surface area contributed by atoms with E-state index in [1.54, 1.807) is 24.3 Å². The molecule has 0 atom stereocenters. The maximum Gasteiger partial charge on any atom is 0.344 e. The van der Waals surface area contributed by atoms with Crippen LogP contribution in [-0.4, -0.2) is 18.4 Å². The molecular weight excluding hydrogens is 416 g/mol. The number of carbonyl (C=O) groups is 2. The summed E-state index contributed by atoms with van der Waals surface area (Å²) < 4.78 is 16.5. The van der Waals surface area contributed by atoms with Gasteiger partial charge in [-0.25, -0.2) is 4.79 Å². The van der Waals surface area contributed by atoms with Crippen LogP contribution in [-0.2, 0) is 21.6 Å². The van der Waals surface area contributed by atoms with Gasteiger partial charge in [-0.15, -0.1) is 0 Å². The number of esters is 1. The summed E-state index contributed by atoms with van der Waals surface area (Å²) in [5.74, 6) is 0.434. The zero-order chi connectivity index (χ0) is 23.4. The second kappa shape index (κ2) is 9.33. The lowest BCUT2D eigenvalue weighted by Gasteiger charge is -2.18. The molecule has 1 aliphatic heterocycles. The van der Waals surface area contributed by atoms with Gasteiger partial charge in [0.05, 0.1) is 5.56 Å². The molecule has 4 rings (SSSR count). The predicted molar refractivity (Wildman–Crippen MR) is 126 cm³/mol. The molecule has 0 radical (unpaired) electrons. The highest BCUT2D eigenvalue weighted by molar-refractivity contribution is 6.14. The summed E-state index contributed by atoms with van der Waals surface area (Å²) >= 11 is 0. The van der Waals surface area contributed by atoms with Crippen molar-refractivity contribution in [2.75, 3.05) is 6.61 Å². The van der Waals surface area contributed by atoms with Crippen molar-refractivity contribution in [2.45, 2.75) is 32.8 Å². The highest BCUT2D eigenvalue weighted by atomic mass is 16.6. The Balaban J connectivity index is 1.37. The van der Waals surface area contributed by atoms with E-state index in [0.717, 1.165) is 11.1 Å². The summed E-state index contributed by atoms with van der Waals surface area (Å²) in [6.07, 6.45) is 1.73. The smallest absolute Gasteiger partial charge is 0.344 e. The van der Waals surface area contributed by atoms with E-state index in [0.29, 0.717) is 17.1 Å². The minimum atomic E-state index is -0.476. The summed E-state index contributed by atoms with van der Waals surface area (Å²) in [7, 11) is 0. The molecule has 0 bridgehead atoms. The molecule has 0 saturated heterocycles. The molecular formula is C28H26O5. The Kier molecular flexibility index (Phi) is 6.31. The van der Waals surface area contributed by atoms with Crippen LogP contribution < -0.4 is 9.47 Å². The van der Waals surface area contributed by atoms with Gasteiger partial charge in [0.1, 0.15) is 18.1 Å². The minimum absolute atomic E-state index is 0.0615. The molecule has 3 aromatic carbocycles. The fourth-order valence-electron chi connectivity index (χ4n) is 3.41. The number of carbonyl (C=O) groups excluding carboxylic acids is 2. The summed E-state index contributed by atoms with van der Waals surface area (Å²) in [4.78, 5) is 24.7. The van der Waals surface area contributed by atoms with Gasteiger partial charge in [-0.05, 0) is 40.3 Å². The third kappa shape index (κ3) is 5.50. The van der Waals surface area contributed by atoms with E-state index in [4.69, 9.17) is 14.2 Å². The van der Waals surface area contributed by atoms with Crippen molar-refractivity contribution in [3.8, 4) is 11.5 Å². The summed E-state index contributed by atoms with van der Waals surface area (Å²) in [5.41, 5.74) is 3.54. The lowest BCUT2D eigenvalue weighted by molar-refractivity contribution is -0.147. The molecule has 0 fully saturated rings. The molecule has 3 aromatic rings. The van der Waals surface area contributed by atoms with E-state index in [-0.39, 0.29) is 30.2 Å². The summed E-state index contributed by atoms with van der Waals surface area (Å²) in [6, 6.07) is 22.4. The number of benzene rings is 3. The van der Waals surface area contributed by atoms with Crippen LogP contribution in [0.2, 0.25) is 0 Å². The van der Waals surface area contributed by atoms with E-state index in [1.807, 2.05) is 42.5 Å². The van der Waals surface area contributed by atoms with Crippen LogP contribution >= 0.6 is 0 Å². The van der Waals surface area contributed by atoms with Crippen molar-refractivity contribution in [1.82, 2.24) is 0 Å². The van der Waals surface area contributed by atoms with Gasteiger partial charge in [0.15, 0.2) is 12.4 Å². The molecule has 0 unspecified atom stereocenters. The van der Waals surface area contributed by atoms with Crippen LogP contribution in [0.4, 0.5) is 0 Å². The average molecular weight is 443 g/mol. The third-order valence-electron chi connectivity index (χ3n) is 5.32. The van der Waals surface area contributed by atoms with Crippen LogP contribution in [0, 0.1) is 0 Å². The largest absolute Gasteiger partial charge is 0.482 e. The van der Waals surface area contributed by atoms with E-state index >= 15 is 0 Å². The Morgan fingerprint density at radius 2 is 1.70 bits per heavy atom. The number of hydrogen-bond donors (Lipinski definition) is 0. The van der Waals surface area contributed by atoms with E-state index in [1.165, 1.54) is 5.56 Å². The number of hydrogen-bond acceptors (Lipinski definition) is 5. The molecule has 0 aromatic heterocycles. The van der Waals surface area contributed by atoms with Crippen LogP contribution in [0.5, 0.6) is 11.5 Å². The first-order valence-corrected chi connectivity index (χ1v) is 10.8. The molecule has 1 heterocycles. The lowest BCUT2D eigenvalue weighted by atomic mass is 9.86. The molecule has 5 heteroatoms. The second-order valence-electron chi connectivity index (χ2n) is 8.90. The van der Waals surface area contributed by atoms with Crippen LogP contribution in [0.1, 0.15) is 47.8 Å². The predicted octanol–water partition coefficient (Wildman–Crippen LogP) is 5.72. The maximum absolute atomic E-state index is 12.7. The van der Waals surface area contributed by atoms with Gasteiger partial charge in [0, 0.05) is 6.07 Å².